The molecule has 0 aromatic carbocycles. The monoisotopic (exact) mass is 264 g/mol. The Hall–Kier alpha value is -1.95. The Morgan fingerprint density at radius 3 is 2.61 bits per heavy atom. The Morgan fingerprint density at radius 2 is 2.17 bits per heavy atom. The average molecular weight is 264 g/mol. The quantitative estimate of drug-likeness (QED) is 0.915. The summed E-state index contributed by atoms with van der Waals surface area (Å²) in [5, 5.41) is 8.76. The van der Waals surface area contributed by atoms with Crippen LogP contribution in [0, 0.1) is 13.8 Å². The summed E-state index contributed by atoms with van der Waals surface area (Å²) in [6, 6.07) is 3.12. The predicted molar refractivity (Wildman–Crippen MR) is 68.4 cm³/mol. The van der Waals surface area contributed by atoms with E-state index in [4.69, 9.17) is 5.11 Å². The van der Waals surface area contributed by atoms with Gasteiger partial charge in [0.25, 0.3) is 0 Å². The van der Waals surface area contributed by atoms with Crippen molar-refractivity contribution < 1.29 is 9.90 Å². The number of aromatic carboxylic acids is 1. The van der Waals surface area contributed by atoms with Gasteiger partial charge in [0.1, 0.15) is 0 Å². The van der Waals surface area contributed by atoms with E-state index in [-0.39, 0.29) is 10.4 Å². The highest BCUT2D eigenvalue weighted by molar-refractivity contribution is 7.09. The number of rotatable bonds is 3. The van der Waals surface area contributed by atoms with Crippen LogP contribution in [0.4, 0.5) is 0 Å². The normalized spacial score (nSPS) is 10.6. The van der Waals surface area contributed by atoms with Gasteiger partial charge in [-0.05, 0) is 26.0 Å². The molecular weight excluding hydrogens is 252 g/mol. The van der Waals surface area contributed by atoms with Crippen LogP contribution in [-0.2, 0) is 6.54 Å². The third kappa shape index (κ3) is 2.33. The van der Waals surface area contributed by atoms with Gasteiger partial charge in [0.2, 0.25) is 0 Å². The SMILES string of the molecule is Cc1sc(=O)n(Cc2ccc(C(=O)O)cn2)c1C. The molecule has 0 radical (unpaired) electrons. The first kappa shape index (κ1) is 12.5. The summed E-state index contributed by atoms with van der Waals surface area (Å²) < 4.78 is 1.64. The van der Waals surface area contributed by atoms with Gasteiger partial charge in [0, 0.05) is 16.8 Å². The van der Waals surface area contributed by atoms with Crippen molar-refractivity contribution in [2.75, 3.05) is 0 Å². The van der Waals surface area contributed by atoms with E-state index in [0.29, 0.717) is 12.2 Å². The number of nitrogens with zero attached hydrogens (tertiary/aromatic N) is 2. The van der Waals surface area contributed by atoms with E-state index in [0.717, 1.165) is 10.6 Å². The molecule has 2 aromatic rings. The van der Waals surface area contributed by atoms with Gasteiger partial charge in [-0.25, -0.2) is 4.79 Å². The smallest absolute Gasteiger partial charge is 0.337 e. The topological polar surface area (TPSA) is 72.2 Å². The van der Waals surface area contributed by atoms with Gasteiger partial charge in [0.15, 0.2) is 0 Å². The standard InChI is InChI=1S/C12H12N2O3S/c1-7-8(2)18-12(17)14(7)6-10-4-3-9(5-13-10)11(15)16/h3-5H,6H2,1-2H3,(H,15,16). The predicted octanol–water partition coefficient (Wildman–Crippen LogP) is 1.67. The van der Waals surface area contributed by atoms with Gasteiger partial charge in [-0.3, -0.25) is 14.3 Å². The third-order valence-electron chi connectivity index (χ3n) is 2.77. The fourth-order valence-electron chi connectivity index (χ4n) is 1.58. The van der Waals surface area contributed by atoms with Crippen molar-refractivity contribution in [3.63, 3.8) is 0 Å². The molecule has 2 heterocycles. The molecule has 2 aromatic heterocycles. The number of carbonyl (C=O) groups is 1. The minimum atomic E-state index is -1.01. The number of pyridine rings is 1. The van der Waals surface area contributed by atoms with Crippen molar-refractivity contribution >= 4 is 17.3 Å². The van der Waals surface area contributed by atoms with Crippen LogP contribution in [0.2, 0.25) is 0 Å². The molecule has 5 nitrogen and oxygen atoms in total. The number of hydrogen-bond acceptors (Lipinski definition) is 4. The van der Waals surface area contributed by atoms with Crippen LogP contribution in [0.1, 0.15) is 26.6 Å². The summed E-state index contributed by atoms with van der Waals surface area (Å²) in [5.74, 6) is -1.01. The number of hydrogen-bond donors (Lipinski definition) is 1. The van der Waals surface area contributed by atoms with Crippen LogP contribution in [0.15, 0.2) is 23.1 Å². The van der Waals surface area contributed by atoms with Crippen molar-refractivity contribution in [3.8, 4) is 0 Å². The van der Waals surface area contributed by atoms with E-state index in [2.05, 4.69) is 4.98 Å². The maximum atomic E-state index is 11.7. The molecule has 0 saturated heterocycles. The van der Waals surface area contributed by atoms with Crippen molar-refractivity contribution in [3.05, 3.63) is 49.8 Å². The van der Waals surface area contributed by atoms with Gasteiger partial charge in [-0.15, -0.1) is 0 Å². The molecule has 0 fully saturated rings. The maximum absolute atomic E-state index is 11.7. The molecule has 94 valence electrons. The summed E-state index contributed by atoms with van der Waals surface area (Å²) in [6.07, 6.45) is 1.30. The molecule has 0 atom stereocenters. The first-order valence-corrected chi connectivity index (χ1v) is 6.15. The molecule has 0 spiro atoms. The lowest BCUT2D eigenvalue weighted by Crippen LogP contribution is -2.16. The zero-order valence-electron chi connectivity index (χ0n) is 10.0. The minimum Gasteiger partial charge on any atom is -0.478 e. The van der Waals surface area contributed by atoms with Crippen LogP contribution in [0.5, 0.6) is 0 Å². The lowest BCUT2D eigenvalue weighted by atomic mass is 10.2. The van der Waals surface area contributed by atoms with Gasteiger partial charge >= 0.3 is 10.8 Å². The lowest BCUT2D eigenvalue weighted by Gasteiger charge is -2.04. The molecule has 2 rings (SSSR count). The van der Waals surface area contributed by atoms with Crippen molar-refractivity contribution in [2.45, 2.75) is 20.4 Å². The second-order valence-corrected chi connectivity index (χ2v) is 5.10. The molecule has 0 amide bonds. The highest BCUT2D eigenvalue weighted by Gasteiger charge is 2.09. The van der Waals surface area contributed by atoms with E-state index in [9.17, 15) is 9.59 Å². The molecule has 6 heteroatoms. The highest BCUT2D eigenvalue weighted by Crippen LogP contribution is 2.11. The molecule has 0 unspecified atom stereocenters. The molecule has 18 heavy (non-hydrogen) atoms. The molecular formula is C12H12N2O3S. The first-order valence-electron chi connectivity index (χ1n) is 5.34. The van der Waals surface area contributed by atoms with Gasteiger partial charge in [-0.2, -0.15) is 0 Å². The van der Waals surface area contributed by atoms with Crippen molar-refractivity contribution in [1.29, 1.82) is 0 Å². The molecule has 0 bridgehead atoms. The fraction of sp³-hybridized carbons (Fsp3) is 0.250. The first-order chi connectivity index (χ1) is 8.49. The Bertz CT molecular complexity index is 640. The number of carboxylic acids is 1. The van der Waals surface area contributed by atoms with E-state index in [1.165, 1.54) is 23.6 Å². The highest BCUT2D eigenvalue weighted by atomic mass is 32.1. The number of aromatic nitrogens is 2. The summed E-state index contributed by atoms with van der Waals surface area (Å²) in [5.41, 5.74) is 1.74. The van der Waals surface area contributed by atoms with E-state index >= 15 is 0 Å². The maximum Gasteiger partial charge on any atom is 0.337 e. The lowest BCUT2D eigenvalue weighted by molar-refractivity contribution is 0.0696. The number of thiazole rings is 1. The zero-order valence-corrected chi connectivity index (χ0v) is 10.8. The van der Waals surface area contributed by atoms with Gasteiger partial charge < -0.3 is 5.11 Å². The summed E-state index contributed by atoms with van der Waals surface area (Å²) in [4.78, 5) is 27.4. The van der Waals surface area contributed by atoms with Crippen LogP contribution in [-0.4, -0.2) is 20.6 Å². The minimum absolute atomic E-state index is 0.0193. The second kappa shape index (κ2) is 4.73. The van der Waals surface area contributed by atoms with Gasteiger partial charge in [-0.1, -0.05) is 11.3 Å². The molecule has 0 saturated carbocycles. The van der Waals surface area contributed by atoms with E-state index in [1.54, 1.807) is 10.6 Å². The third-order valence-corrected chi connectivity index (χ3v) is 3.76. The van der Waals surface area contributed by atoms with Crippen molar-refractivity contribution in [1.82, 2.24) is 9.55 Å². The number of aryl methyl sites for hydroxylation is 1. The molecule has 1 N–H and O–H groups in total. The van der Waals surface area contributed by atoms with Crippen molar-refractivity contribution in [2.24, 2.45) is 0 Å². The largest absolute Gasteiger partial charge is 0.478 e. The Balaban J connectivity index is 2.29. The van der Waals surface area contributed by atoms with Crippen LogP contribution < -0.4 is 4.87 Å². The van der Waals surface area contributed by atoms with E-state index < -0.39 is 5.97 Å². The van der Waals surface area contributed by atoms with E-state index in [1.807, 2.05) is 13.8 Å². The van der Waals surface area contributed by atoms with Crippen LogP contribution in [0.3, 0.4) is 0 Å². The van der Waals surface area contributed by atoms with Crippen LogP contribution in [0.25, 0.3) is 0 Å². The Morgan fingerprint density at radius 1 is 1.44 bits per heavy atom. The molecule has 0 aliphatic heterocycles. The fourth-order valence-corrected chi connectivity index (χ4v) is 2.41. The van der Waals surface area contributed by atoms with Crippen LogP contribution >= 0.6 is 11.3 Å². The Kier molecular flexibility index (Phi) is 3.29. The average Bonchev–Trinajstić information content (AvgIpc) is 2.57. The number of carboxylic acid groups (broad SMARTS) is 1. The molecule has 0 aliphatic carbocycles. The summed E-state index contributed by atoms with van der Waals surface area (Å²) in [7, 11) is 0. The molecule has 0 aliphatic rings. The summed E-state index contributed by atoms with van der Waals surface area (Å²) >= 11 is 1.21. The Labute approximate surface area is 107 Å². The zero-order chi connectivity index (χ0) is 13.3. The summed E-state index contributed by atoms with van der Waals surface area (Å²) in [6.45, 7) is 4.16. The van der Waals surface area contributed by atoms with Gasteiger partial charge in [0.05, 0.1) is 17.8 Å². The second-order valence-electron chi connectivity index (χ2n) is 3.94.